The van der Waals surface area contributed by atoms with E-state index in [-0.39, 0.29) is 11.1 Å². The number of ether oxygens (including phenoxy) is 1. The first-order chi connectivity index (χ1) is 7.86. The Morgan fingerprint density at radius 1 is 1.18 bits per heavy atom. The molecule has 0 amide bonds. The minimum atomic E-state index is 0.110. The molecule has 2 rings (SSSR count). The van der Waals surface area contributed by atoms with Crippen LogP contribution >= 0.6 is 0 Å². The molecular formula is C14H28N2O. The summed E-state index contributed by atoms with van der Waals surface area (Å²) in [4.78, 5) is 2.65. The molecule has 0 aromatic carbocycles. The molecule has 1 aliphatic carbocycles. The van der Waals surface area contributed by atoms with Crippen molar-refractivity contribution in [1.29, 1.82) is 0 Å². The molecule has 0 aromatic heterocycles. The van der Waals surface area contributed by atoms with Gasteiger partial charge in [-0.2, -0.15) is 0 Å². The largest absolute Gasteiger partial charge is 0.378 e. The van der Waals surface area contributed by atoms with Crippen molar-refractivity contribution in [3.05, 3.63) is 0 Å². The number of morpholine rings is 1. The Balaban J connectivity index is 2.34. The number of rotatable bonds is 2. The van der Waals surface area contributed by atoms with Crippen molar-refractivity contribution < 1.29 is 4.74 Å². The quantitative estimate of drug-likeness (QED) is 0.802. The molecule has 3 nitrogen and oxygen atoms in total. The maximum atomic E-state index is 6.21. The summed E-state index contributed by atoms with van der Waals surface area (Å²) in [7, 11) is 0. The van der Waals surface area contributed by atoms with E-state index in [1.165, 1.54) is 19.3 Å². The maximum Gasteiger partial charge on any atom is 0.0645 e. The van der Waals surface area contributed by atoms with Crippen LogP contribution in [0.2, 0.25) is 0 Å². The molecule has 100 valence electrons. The molecule has 2 aliphatic rings. The first-order valence-electron chi connectivity index (χ1n) is 6.91. The molecule has 1 atom stereocenters. The molecule has 0 aromatic rings. The van der Waals surface area contributed by atoms with Crippen LogP contribution < -0.4 is 5.73 Å². The fourth-order valence-electron chi connectivity index (χ4n) is 4.03. The highest BCUT2D eigenvalue weighted by molar-refractivity contribution is 5.10. The van der Waals surface area contributed by atoms with Gasteiger partial charge >= 0.3 is 0 Å². The predicted molar refractivity (Wildman–Crippen MR) is 71.0 cm³/mol. The first kappa shape index (κ1) is 13.3. The summed E-state index contributed by atoms with van der Waals surface area (Å²) in [6.07, 6.45) is 3.83. The molecular weight excluding hydrogens is 212 g/mol. The van der Waals surface area contributed by atoms with Gasteiger partial charge < -0.3 is 10.5 Å². The second-order valence-corrected chi connectivity index (χ2v) is 6.99. The molecule has 0 spiro atoms. The van der Waals surface area contributed by atoms with E-state index in [4.69, 9.17) is 10.5 Å². The van der Waals surface area contributed by atoms with Crippen LogP contribution in [0.25, 0.3) is 0 Å². The van der Waals surface area contributed by atoms with E-state index in [0.29, 0.717) is 5.41 Å². The SMILES string of the molecule is CC1(C)COCCN1C1(CN)CCCC1(C)C. The van der Waals surface area contributed by atoms with Crippen LogP contribution in [0, 0.1) is 5.41 Å². The molecule has 2 N–H and O–H groups in total. The van der Waals surface area contributed by atoms with Crippen LogP contribution in [0.15, 0.2) is 0 Å². The van der Waals surface area contributed by atoms with Gasteiger partial charge in [0.15, 0.2) is 0 Å². The van der Waals surface area contributed by atoms with E-state index in [1.807, 2.05) is 0 Å². The molecule has 1 heterocycles. The number of hydrogen-bond acceptors (Lipinski definition) is 3. The Morgan fingerprint density at radius 3 is 2.35 bits per heavy atom. The van der Waals surface area contributed by atoms with E-state index < -0.39 is 0 Å². The fraction of sp³-hybridized carbons (Fsp3) is 1.00. The van der Waals surface area contributed by atoms with Gasteiger partial charge in [0.05, 0.1) is 13.2 Å². The summed E-state index contributed by atoms with van der Waals surface area (Å²) in [5.74, 6) is 0. The molecule has 1 saturated carbocycles. The minimum absolute atomic E-state index is 0.110. The number of hydrogen-bond donors (Lipinski definition) is 1. The van der Waals surface area contributed by atoms with E-state index in [2.05, 4.69) is 32.6 Å². The normalized spacial score (nSPS) is 37.2. The third-order valence-corrected chi connectivity index (χ3v) is 5.15. The predicted octanol–water partition coefficient (Wildman–Crippen LogP) is 2.00. The Bertz CT molecular complexity index is 288. The zero-order valence-corrected chi connectivity index (χ0v) is 11.9. The van der Waals surface area contributed by atoms with Crippen molar-refractivity contribution in [2.24, 2.45) is 11.1 Å². The van der Waals surface area contributed by atoms with Gasteiger partial charge in [0.1, 0.15) is 0 Å². The first-order valence-corrected chi connectivity index (χ1v) is 6.91. The van der Waals surface area contributed by atoms with Gasteiger partial charge in [-0.1, -0.05) is 20.3 Å². The zero-order valence-electron chi connectivity index (χ0n) is 11.9. The Hall–Kier alpha value is -0.120. The summed E-state index contributed by atoms with van der Waals surface area (Å²) in [5.41, 5.74) is 6.81. The Labute approximate surface area is 106 Å². The highest BCUT2D eigenvalue weighted by Gasteiger charge is 2.55. The Kier molecular flexibility index (Phi) is 3.30. The molecule has 1 saturated heterocycles. The van der Waals surface area contributed by atoms with E-state index in [0.717, 1.165) is 26.3 Å². The summed E-state index contributed by atoms with van der Waals surface area (Å²) >= 11 is 0. The van der Waals surface area contributed by atoms with Crippen molar-refractivity contribution in [1.82, 2.24) is 4.90 Å². The van der Waals surface area contributed by atoms with Gasteiger partial charge in [-0.25, -0.2) is 0 Å². The standard InChI is InChI=1S/C14H28N2O/c1-12(2)6-5-7-14(12,10-15)16-8-9-17-11-13(16,3)4/h5-11,15H2,1-4H3. The third-order valence-electron chi connectivity index (χ3n) is 5.15. The second-order valence-electron chi connectivity index (χ2n) is 6.99. The molecule has 0 bridgehead atoms. The minimum Gasteiger partial charge on any atom is -0.378 e. The van der Waals surface area contributed by atoms with Crippen molar-refractivity contribution in [2.45, 2.75) is 58.0 Å². The van der Waals surface area contributed by atoms with E-state index in [9.17, 15) is 0 Å². The van der Waals surface area contributed by atoms with Gasteiger partial charge in [0, 0.05) is 24.2 Å². The van der Waals surface area contributed by atoms with Crippen molar-refractivity contribution >= 4 is 0 Å². The average Bonchev–Trinajstić information content (AvgIpc) is 2.54. The lowest BCUT2D eigenvalue weighted by Crippen LogP contribution is -2.69. The zero-order chi connectivity index (χ0) is 12.7. The second kappa shape index (κ2) is 4.22. The van der Waals surface area contributed by atoms with Crippen LogP contribution in [-0.2, 0) is 4.74 Å². The monoisotopic (exact) mass is 240 g/mol. The highest BCUT2D eigenvalue weighted by atomic mass is 16.5. The van der Waals surface area contributed by atoms with Crippen molar-refractivity contribution in [2.75, 3.05) is 26.3 Å². The molecule has 1 unspecified atom stereocenters. The summed E-state index contributed by atoms with van der Waals surface area (Å²) < 4.78 is 5.65. The lowest BCUT2D eigenvalue weighted by Gasteiger charge is -2.57. The van der Waals surface area contributed by atoms with Crippen molar-refractivity contribution in [3.8, 4) is 0 Å². The summed E-state index contributed by atoms with van der Waals surface area (Å²) in [6.45, 7) is 12.8. The smallest absolute Gasteiger partial charge is 0.0645 e. The van der Waals surface area contributed by atoms with Crippen LogP contribution in [0.5, 0.6) is 0 Å². The topological polar surface area (TPSA) is 38.5 Å². The average molecular weight is 240 g/mol. The van der Waals surface area contributed by atoms with Gasteiger partial charge in [-0.05, 0) is 32.1 Å². The maximum absolute atomic E-state index is 6.21. The van der Waals surface area contributed by atoms with Crippen LogP contribution in [-0.4, -0.2) is 42.3 Å². The van der Waals surface area contributed by atoms with Gasteiger partial charge in [0.25, 0.3) is 0 Å². The number of nitrogens with two attached hydrogens (primary N) is 1. The van der Waals surface area contributed by atoms with Crippen LogP contribution in [0.4, 0.5) is 0 Å². The van der Waals surface area contributed by atoms with Gasteiger partial charge in [-0.3, -0.25) is 4.90 Å². The Morgan fingerprint density at radius 2 is 1.88 bits per heavy atom. The van der Waals surface area contributed by atoms with Crippen LogP contribution in [0.1, 0.15) is 47.0 Å². The lowest BCUT2D eigenvalue weighted by atomic mass is 9.71. The van der Waals surface area contributed by atoms with E-state index >= 15 is 0 Å². The van der Waals surface area contributed by atoms with E-state index in [1.54, 1.807) is 0 Å². The fourth-order valence-corrected chi connectivity index (χ4v) is 4.03. The molecule has 1 aliphatic heterocycles. The lowest BCUT2D eigenvalue weighted by molar-refractivity contribution is -0.129. The molecule has 17 heavy (non-hydrogen) atoms. The molecule has 3 heteroatoms. The van der Waals surface area contributed by atoms with Crippen LogP contribution in [0.3, 0.4) is 0 Å². The summed E-state index contributed by atoms with van der Waals surface area (Å²) in [6, 6.07) is 0. The van der Waals surface area contributed by atoms with Crippen molar-refractivity contribution in [3.63, 3.8) is 0 Å². The molecule has 2 fully saturated rings. The van der Waals surface area contributed by atoms with Gasteiger partial charge in [-0.15, -0.1) is 0 Å². The van der Waals surface area contributed by atoms with Gasteiger partial charge in [0.2, 0.25) is 0 Å². The third kappa shape index (κ3) is 1.92. The highest BCUT2D eigenvalue weighted by Crippen LogP contribution is 2.51. The summed E-state index contributed by atoms with van der Waals surface area (Å²) in [5, 5.41) is 0. The molecule has 0 radical (unpaired) electrons. The number of nitrogens with zero attached hydrogens (tertiary/aromatic N) is 1.